The zero-order chi connectivity index (χ0) is 16.4. The van der Waals surface area contributed by atoms with E-state index in [4.69, 9.17) is 4.74 Å². The molecule has 5 nitrogen and oxygen atoms in total. The van der Waals surface area contributed by atoms with Gasteiger partial charge in [-0.05, 0) is 43.9 Å². The first-order valence-corrected chi connectivity index (χ1v) is 8.50. The van der Waals surface area contributed by atoms with E-state index < -0.39 is 0 Å². The Kier molecular flexibility index (Phi) is 4.17. The molecule has 0 spiro atoms. The molecule has 0 saturated heterocycles. The van der Waals surface area contributed by atoms with Crippen molar-refractivity contribution in [2.45, 2.75) is 37.8 Å². The molecule has 0 radical (unpaired) electrons. The summed E-state index contributed by atoms with van der Waals surface area (Å²) in [5.41, 5.74) is 3.25. The van der Waals surface area contributed by atoms with Gasteiger partial charge in [-0.3, -0.25) is 4.98 Å². The van der Waals surface area contributed by atoms with E-state index in [0.717, 1.165) is 53.7 Å². The minimum atomic E-state index is 0.420. The van der Waals surface area contributed by atoms with Gasteiger partial charge in [0, 0.05) is 54.5 Å². The summed E-state index contributed by atoms with van der Waals surface area (Å²) in [6.07, 6.45) is 10.5. The largest absolute Gasteiger partial charge is 0.381 e. The summed E-state index contributed by atoms with van der Waals surface area (Å²) in [7, 11) is 1.80. The number of ether oxygens (including phenoxy) is 1. The Morgan fingerprint density at radius 1 is 1.17 bits per heavy atom. The molecule has 0 atom stereocenters. The molecule has 1 aliphatic carbocycles. The Hall–Kier alpha value is -2.40. The Labute approximate surface area is 141 Å². The van der Waals surface area contributed by atoms with Crippen molar-refractivity contribution in [3.8, 4) is 11.3 Å². The van der Waals surface area contributed by atoms with Crippen LogP contribution in [-0.2, 0) is 4.74 Å². The number of methoxy groups -OCH3 is 1. The van der Waals surface area contributed by atoms with Gasteiger partial charge >= 0.3 is 0 Å². The second-order valence-electron chi connectivity index (χ2n) is 6.44. The van der Waals surface area contributed by atoms with Crippen LogP contribution in [-0.4, -0.2) is 34.2 Å². The third-order valence-electron chi connectivity index (χ3n) is 4.84. The van der Waals surface area contributed by atoms with Crippen molar-refractivity contribution in [2.75, 3.05) is 12.4 Å². The second-order valence-corrected chi connectivity index (χ2v) is 6.44. The highest BCUT2D eigenvalue weighted by Crippen LogP contribution is 2.26. The lowest BCUT2D eigenvalue weighted by molar-refractivity contribution is 0.0681. The van der Waals surface area contributed by atoms with E-state index in [0.29, 0.717) is 12.1 Å². The molecule has 0 aromatic carbocycles. The van der Waals surface area contributed by atoms with Gasteiger partial charge in [0.05, 0.1) is 11.6 Å². The highest BCUT2D eigenvalue weighted by Gasteiger charge is 2.21. The van der Waals surface area contributed by atoms with Crippen molar-refractivity contribution in [3.05, 3.63) is 42.9 Å². The van der Waals surface area contributed by atoms with Gasteiger partial charge in [-0.1, -0.05) is 0 Å². The lowest BCUT2D eigenvalue weighted by Gasteiger charge is -2.28. The van der Waals surface area contributed by atoms with Crippen LogP contribution >= 0.6 is 0 Å². The molecule has 0 unspecified atom stereocenters. The Morgan fingerprint density at radius 3 is 2.79 bits per heavy atom. The topological polar surface area (TPSA) is 62.8 Å². The smallest absolute Gasteiger partial charge is 0.128 e. The van der Waals surface area contributed by atoms with E-state index in [2.05, 4.69) is 38.5 Å². The predicted molar refractivity (Wildman–Crippen MR) is 96.0 cm³/mol. The molecule has 1 saturated carbocycles. The number of nitrogens with one attached hydrogen (secondary N) is 2. The van der Waals surface area contributed by atoms with Crippen LogP contribution in [0.1, 0.15) is 25.7 Å². The van der Waals surface area contributed by atoms with Crippen LogP contribution in [0.15, 0.2) is 42.9 Å². The van der Waals surface area contributed by atoms with Crippen molar-refractivity contribution < 1.29 is 4.74 Å². The number of hydrogen-bond acceptors (Lipinski definition) is 4. The van der Waals surface area contributed by atoms with Crippen molar-refractivity contribution in [1.82, 2.24) is 15.0 Å². The van der Waals surface area contributed by atoms with Gasteiger partial charge in [0.1, 0.15) is 5.82 Å². The number of aromatic nitrogens is 3. The van der Waals surface area contributed by atoms with Gasteiger partial charge in [0.2, 0.25) is 0 Å². The van der Waals surface area contributed by atoms with Crippen molar-refractivity contribution >= 4 is 16.7 Å². The zero-order valence-electron chi connectivity index (χ0n) is 13.8. The number of anilines is 1. The van der Waals surface area contributed by atoms with Gasteiger partial charge in [-0.25, -0.2) is 4.98 Å². The number of fused-ring (bicyclic) bond motifs is 1. The number of hydrogen-bond donors (Lipinski definition) is 2. The number of H-pyrrole nitrogens is 1. The molecule has 1 fully saturated rings. The third kappa shape index (κ3) is 3.12. The summed E-state index contributed by atoms with van der Waals surface area (Å²) in [4.78, 5) is 12.2. The molecule has 1 aliphatic rings. The molecule has 4 rings (SSSR count). The number of rotatable bonds is 4. The summed E-state index contributed by atoms with van der Waals surface area (Å²) in [5, 5.41) is 4.68. The van der Waals surface area contributed by atoms with Crippen LogP contribution in [0, 0.1) is 0 Å². The maximum absolute atomic E-state index is 5.44. The maximum atomic E-state index is 5.44. The second kappa shape index (κ2) is 6.61. The fourth-order valence-corrected chi connectivity index (χ4v) is 3.43. The SMILES string of the molecule is CO[C@H]1CC[C@H](Nc2cc3[nH]c(-c4cccnc4)cc3cn2)CC1. The lowest BCUT2D eigenvalue weighted by Crippen LogP contribution is -2.29. The first kappa shape index (κ1) is 15.1. The molecular formula is C19H22N4O. The van der Waals surface area contributed by atoms with E-state index >= 15 is 0 Å². The summed E-state index contributed by atoms with van der Waals surface area (Å²) in [5.74, 6) is 0.933. The molecule has 24 heavy (non-hydrogen) atoms. The highest BCUT2D eigenvalue weighted by atomic mass is 16.5. The van der Waals surface area contributed by atoms with Crippen LogP contribution in [0.3, 0.4) is 0 Å². The minimum Gasteiger partial charge on any atom is -0.381 e. The number of aromatic amines is 1. The number of pyridine rings is 2. The predicted octanol–water partition coefficient (Wildman–Crippen LogP) is 3.99. The van der Waals surface area contributed by atoms with Crippen molar-refractivity contribution in [1.29, 1.82) is 0 Å². The molecule has 5 heteroatoms. The Bertz CT molecular complexity index is 807. The molecule has 3 heterocycles. The van der Waals surface area contributed by atoms with Gasteiger partial charge in [-0.2, -0.15) is 0 Å². The average molecular weight is 322 g/mol. The quantitative estimate of drug-likeness (QED) is 0.762. The first-order chi connectivity index (χ1) is 11.8. The van der Waals surface area contributed by atoms with Crippen molar-refractivity contribution in [2.24, 2.45) is 0 Å². The Morgan fingerprint density at radius 2 is 2.04 bits per heavy atom. The zero-order valence-corrected chi connectivity index (χ0v) is 13.8. The molecular weight excluding hydrogens is 300 g/mol. The first-order valence-electron chi connectivity index (χ1n) is 8.50. The molecule has 2 N–H and O–H groups in total. The van der Waals surface area contributed by atoms with Crippen molar-refractivity contribution in [3.63, 3.8) is 0 Å². The Balaban J connectivity index is 1.51. The van der Waals surface area contributed by atoms with Crippen LogP contribution in [0.4, 0.5) is 5.82 Å². The minimum absolute atomic E-state index is 0.420. The van der Waals surface area contributed by atoms with E-state index in [1.54, 1.807) is 13.3 Å². The third-order valence-corrected chi connectivity index (χ3v) is 4.84. The molecule has 3 aromatic heterocycles. The fraction of sp³-hybridized carbons (Fsp3) is 0.368. The van der Waals surface area contributed by atoms with E-state index in [9.17, 15) is 0 Å². The van der Waals surface area contributed by atoms with E-state index in [1.807, 2.05) is 18.5 Å². The molecule has 0 amide bonds. The van der Waals surface area contributed by atoms with Gasteiger partial charge in [0.25, 0.3) is 0 Å². The van der Waals surface area contributed by atoms with Gasteiger partial charge < -0.3 is 15.0 Å². The fourth-order valence-electron chi connectivity index (χ4n) is 3.43. The summed E-state index contributed by atoms with van der Waals surface area (Å²) in [6, 6.07) is 8.69. The van der Waals surface area contributed by atoms with Crippen LogP contribution in [0.25, 0.3) is 22.2 Å². The van der Waals surface area contributed by atoms with Gasteiger partial charge in [-0.15, -0.1) is 0 Å². The van der Waals surface area contributed by atoms with Gasteiger partial charge in [0.15, 0.2) is 0 Å². The molecule has 3 aromatic rings. The van der Waals surface area contributed by atoms with Crippen LogP contribution in [0.2, 0.25) is 0 Å². The summed E-state index contributed by atoms with van der Waals surface area (Å²) in [6.45, 7) is 0. The highest BCUT2D eigenvalue weighted by molar-refractivity contribution is 5.86. The monoisotopic (exact) mass is 322 g/mol. The molecule has 0 bridgehead atoms. The maximum Gasteiger partial charge on any atom is 0.128 e. The standard InChI is InChI=1S/C19H22N4O/c1-24-16-6-4-15(5-7-16)22-19-10-18-14(12-21-19)9-17(23-18)13-3-2-8-20-11-13/h2-3,8-12,15-16,23H,4-7H2,1H3,(H,21,22)/t15-,16-. The normalized spacial score (nSPS) is 21.0. The van der Waals surface area contributed by atoms with E-state index in [-0.39, 0.29) is 0 Å². The van der Waals surface area contributed by atoms with E-state index in [1.165, 1.54) is 0 Å². The summed E-state index contributed by atoms with van der Waals surface area (Å²) < 4.78 is 5.44. The molecule has 0 aliphatic heterocycles. The van der Waals surface area contributed by atoms with Crippen LogP contribution in [0.5, 0.6) is 0 Å². The average Bonchev–Trinajstić information content (AvgIpc) is 3.06. The number of nitrogens with zero attached hydrogens (tertiary/aromatic N) is 2. The lowest BCUT2D eigenvalue weighted by atomic mass is 9.93. The van der Waals surface area contributed by atoms with Crippen LogP contribution < -0.4 is 5.32 Å². The molecule has 124 valence electrons. The summed E-state index contributed by atoms with van der Waals surface area (Å²) >= 11 is 0.